The van der Waals surface area contributed by atoms with Gasteiger partial charge in [-0.05, 0) is 55.1 Å². The lowest BCUT2D eigenvalue weighted by molar-refractivity contribution is -0.113. The van der Waals surface area contributed by atoms with Crippen molar-refractivity contribution in [3.8, 4) is 11.5 Å². The Bertz CT molecular complexity index is 640. The fourth-order valence-electron chi connectivity index (χ4n) is 2.47. The number of ether oxygens (including phenoxy) is 2. The first kappa shape index (κ1) is 17.4. The van der Waals surface area contributed by atoms with Gasteiger partial charge in [0.2, 0.25) is 5.24 Å². The van der Waals surface area contributed by atoms with Crippen LogP contribution in [0.15, 0.2) is 48.5 Å². The van der Waals surface area contributed by atoms with E-state index in [0.29, 0.717) is 31.1 Å². The van der Waals surface area contributed by atoms with Gasteiger partial charge in [0.25, 0.3) is 0 Å². The van der Waals surface area contributed by atoms with Crippen molar-refractivity contribution in [2.24, 2.45) is 0 Å². The molecule has 0 spiro atoms. The summed E-state index contributed by atoms with van der Waals surface area (Å²) < 4.78 is 11.2. The number of hydrogen-bond acceptors (Lipinski definition) is 3. The summed E-state index contributed by atoms with van der Waals surface area (Å²) in [6, 6.07) is 15.3. The molecule has 0 N–H and O–H groups in total. The number of carbonyl (C=O) groups excluding carboxylic acids is 1. The van der Waals surface area contributed by atoms with Gasteiger partial charge in [-0.25, -0.2) is 0 Å². The van der Waals surface area contributed by atoms with Gasteiger partial charge in [0.1, 0.15) is 0 Å². The second-order valence-electron chi connectivity index (χ2n) is 5.12. The van der Waals surface area contributed by atoms with Crippen molar-refractivity contribution in [3.63, 3.8) is 0 Å². The fraction of sp³-hybridized carbons (Fsp3) is 0.316. The third-order valence-corrected chi connectivity index (χ3v) is 3.79. The van der Waals surface area contributed by atoms with E-state index in [4.69, 9.17) is 21.1 Å². The highest BCUT2D eigenvalue weighted by Gasteiger charge is 2.20. The van der Waals surface area contributed by atoms with Gasteiger partial charge in [-0.3, -0.25) is 4.79 Å². The van der Waals surface area contributed by atoms with E-state index in [2.05, 4.69) is 0 Å². The minimum atomic E-state index is -0.370. The van der Waals surface area contributed by atoms with Crippen LogP contribution in [-0.4, -0.2) is 18.5 Å². The quantitative estimate of drug-likeness (QED) is 0.664. The number of benzene rings is 2. The molecule has 0 aliphatic heterocycles. The molecular formula is C19H21ClO3. The maximum Gasteiger partial charge on any atom is 0.229 e. The molecule has 0 saturated carbocycles. The Morgan fingerprint density at radius 3 is 2.26 bits per heavy atom. The van der Waals surface area contributed by atoms with Gasteiger partial charge in [-0.2, -0.15) is 0 Å². The second-order valence-corrected chi connectivity index (χ2v) is 5.49. The van der Waals surface area contributed by atoms with E-state index >= 15 is 0 Å². The van der Waals surface area contributed by atoms with Crippen LogP contribution in [0.3, 0.4) is 0 Å². The van der Waals surface area contributed by atoms with Crippen LogP contribution in [0.1, 0.15) is 30.9 Å². The molecule has 4 heteroatoms. The maximum atomic E-state index is 11.8. The molecule has 2 rings (SSSR count). The van der Waals surface area contributed by atoms with E-state index in [9.17, 15) is 4.79 Å². The first-order chi connectivity index (χ1) is 11.2. The van der Waals surface area contributed by atoms with Gasteiger partial charge in [0.15, 0.2) is 11.5 Å². The predicted octanol–water partition coefficient (Wildman–Crippen LogP) is 4.58. The summed E-state index contributed by atoms with van der Waals surface area (Å²) in [5.41, 5.74) is 1.90. The van der Waals surface area contributed by atoms with Crippen molar-refractivity contribution in [3.05, 3.63) is 59.7 Å². The summed E-state index contributed by atoms with van der Waals surface area (Å²) >= 11 is 5.82. The highest BCUT2D eigenvalue weighted by Crippen LogP contribution is 2.31. The molecule has 0 heterocycles. The summed E-state index contributed by atoms with van der Waals surface area (Å²) in [5.74, 6) is 1.04. The Balaban J connectivity index is 2.26. The van der Waals surface area contributed by atoms with Gasteiger partial charge in [-0.15, -0.1) is 0 Å². The monoisotopic (exact) mass is 332 g/mol. The van der Waals surface area contributed by atoms with Gasteiger partial charge in [0, 0.05) is 0 Å². The van der Waals surface area contributed by atoms with Gasteiger partial charge in [-0.1, -0.05) is 36.4 Å². The Morgan fingerprint density at radius 2 is 1.65 bits per heavy atom. The first-order valence-electron chi connectivity index (χ1n) is 7.78. The number of hydrogen-bond donors (Lipinski definition) is 0. The van der Waals surface area contributed by atoms with Crippen molar-refractivity contribution in [1.82, 2.24) is 0 Å². The lowest BCUT2D eigenvalue weighted by atomic mass is 9.93. The smallest absolute Gasteiger partial charge is 0.229 e. The van der Waals surface area contributed by atoms with Gasteiger partial charge < -0.3 is 9.47 Å². The lowest BCUT2D eigenvalue weighted by Gasteiger charge is -2.16. The van der Waals surface area contributed by atoms with E-state index in [-0.39, 0.29) is 11.2 Å². The molecule has 2 aromatic carbocycles. The third kappa shape index (κ3) is 4.73. The van der Waals surface area contributed by atoms with Gasteiger partial charge in [0.05, 0.1) is 19.1 Å². The van der Waals surface area contributed by atoms with Crippen LogP contribution < -0.4 is 9.47 Å². The molecule has 23 heavy (non-hydrogen) atoms. The summed E-state index contributed by atoms with van der Waals surface area (Å²) in [6.45, 7) is 4.99. The van der Waals surface area contributed by atoms with Crippen molar-refractivity contribution >= 4 is 16.8 Å². The van der Waals surface area contributed by atoms with Crippen LogP contribution in [0, 0.1) is 0 Å². The Hall–Kier alpha value is -2.00. The van der Waals surface area contributed by atoms with Crippen LogP contribution >= 0.6 is 11.6 Å². The van der Waals surface area contributed by atoms with Crippen molar-refractivity contribution < 1.29 is 14.3 Å². The Morgan fingerprint density at radius 1 is 1.00 bits per heavy atom. The average Bonchev–Trinajstić information content (AvgIpc) is 2.56. The highest BCUT2D eigenvalue weighted by molar-refractivity contribution is 6.64. The zero-order valence-corrected chi connectivity index (χ0v) is 14.2. The molecule has 1 atom stereocenters. The van der Waals surface area contributed by atoms with Crippen molar-refractivity contribution in [1.29, 1.82) is 0 Å². The summed E-state index contributed by atoms with van der Waals surface area (Å²) in [7, 11) is 0. The molecule has 0 bridgehead atoms. The van der Waals surface area contributed by atoms with Crippen LogP contribution in [0.25, 0.3) is 0 Å². The molecule has 0 aromatic heterocycles. The standard InChI is InChI=1S/C19H21ClO3/c1-3-22-17-11-10-14(13-18(17)23-4-2)12-16(19(20)21)15-8-6-5-7-9-15/h5-11,13,16H,3-4,12H2,1-2H3. The minimum Gasteiger partial charge on any atom is -0.490 e. The number of rotatable bonds is 8. The highest BCUT2D eigenvalue weighted by atomic mass is 35.5. The molecule has 0 aliphatic rings. The third-order valence-electron chi connectivity index (χ3n) is 3.52. The van der Waals surface area contributed by atoms with Gasteiger partial charge >= 0.3 is 0 Å². The molecule has 0 saturated heterocycles. The van der Waals surface area contributed by atoms with Crippen molar-refractivity contribution in [2.45, 2.75) is 26.2 Å². The predicted molar refractivity (Wildman–Crippen MR) is 92.5 cm³/mol. The molecule has 0 aliphatic carbocycles. The van der Waals surface area contributed by atoms with Crippen LogP contribution in [0.5, 0.6) is 11.5 Å². The number of halogens is 1. The molecule has 122 valence electrons. The Kier molecular flexibility index (Phi) is 6.48. The van der Waals surface area contributed by atoms with Crippen LogP contribution in [0.2, 0.25) is 0 Å². The fourth-order valence-corrected chi connectivity index (χ4v) is 2.68. The van der Waals surface area contributed by atoms with E-state index in [1.807, 2.05) is 62.4 Å². The first-order valence-corrected chi connectivity index (χ1v) is 8.16. The molecule has 0 fully saturated rings. The molecule has 0 radical (unpaired) electrons. The second kappa shape index (κ2) is 8.59. The summed E-state index contributed by atoms with van der Waals surface area (Å²) in [6.07, 6.45) is 0.527. The molecule has 0 amide bonds. The van der Waals surface area contributed by atoms with E-state index < -0.39 is 0 Å². The van der Waals surface area contributed by atoms with Crippen LogP contribution in [-0.2, 0) is 11.2 Å². The SMILES string of the molecule is CCOc1ccc(CC(C(=O)Cl)c2ccccc2)cc1OCC. The van der Waals surface area contributed by atoms with E-state index in [0.717, 1.165) is 11.1 Å². The summed E-state index contributed by atoms with van der Waals surface area (Å²) in [4.78, 5) is 11.8. The number of carbonyl (C=O) groups is 1. The maximum absolute atomic E-state index is 11.8. The van der Waals surface area contributed by atoms with Crippen LogP contribution in [0.4, 0.5) is 0 Å². The van der Waals surface area contributed by atoms with Crippen molar-refractivity contribution in [2.75, 3.05) is 13.2 Å². The van der Waals surface area contributed by atoms with E-state index in [1.165, 1.54) is 0 Å². The normalized spacial score (nSPS) is 11.8. The Labute approximate surface area is 142 Å². The van der Waals surface area contributed by atoms with E-state index in [1.54, 1.807) is 0 Å². The lowest BCUT2D eigenvalue weighted by Crippen LogP contribution is -2.10. The average molecular weight is 333 g/mol. The zero-order valence-electron chi connectivity index (χ0n) is 13.4. The topological polar surface area (TPSA) is 35.5 Å². The zero-order chi connectivity index (χ0) is 16.7. The molecule has 1 unspecified atom stereocenters. The molecule has 3 nitrogen and oxygen atoms in total. The summed E-state index contributed by atoms with van der Waals surface area (Å²) in [5, 5.41) is -0.358. The largest absolute Gasteiger partial charge is 0.490 e. The molecular weight excluding hydrogens is 312 g/mol. The molecule has 2 aromatic rings. The minimum absolute atomic E-state index is 0.358.